The predicted molar refractivity (Wildman–Crippen MR) is 87.5 cm³/mol. The van der Waals surface area contributed by atoms with Gasteiger partial charge in [-0.25, -0.2) is 15.8 Å². The number of hydrogen-bond donors (Lipinski definition) is 2. The molecule has 1 heterocycles. The molecular formula is C15H20ClN5. The van der Waals surface area contributed by atoms with Crippen LogP contribution >= 0.6 is 11.6 Å². The van der Waals surface area contributed by atoms with Crippen LogP contribution in [0.25, 0.3) is 0 Å². The summed E-state index contributed by atoms with van der Waals surface area (Å²) < 4.78 is 0. The minimum Gasteiger partial charge on any atom is -0.355 e. The quantitative estimate of drug-likeness (QED) is 0.656. The standard InChI is InChI=1S/C15H20ClN5/c1-10(2)13-14(20-17)18-9-19-15(13)21(3)8-11-4-6-12(16)7-5-11/h4-7,9-10H,8,17H2,1-3H3,(H,18,19,20). The third-order valence-electron chi connectivity index (χ3n) is 3.27. The van der Waals surface area contributed by atoms with Gasteiger partial charge in [0.05, 0.1) is 0 Å². The number of rotatable bonds is 5. The van der Waals surface area contributed by atoms with E-state index in [9.17, 15) is 0 Å². The maximum atomic E-state index is 5.92. The van der Waals surface area contributed by atoms with Crippen LogP contribution in [0.2, 0.25) is 5.02 Å². The van der Waals surface area contributed by atoms with Crippen LogP contribution in [0.4, 0.5) is 11.6 Å². The molecule has 0 atom stereocenters. The lowest BCUT2D eigenvalue weighted by Gasteiger charge is -2.24. The molecule has 1 aromatic heterocycles. The molecule has 6 heteroatoms. The largest absolute Gasteiger partial charge is 0.355 e. The van der Waals surface area contributed by atoms with E-state index in [0.29, 0.717) is 5.82 Å². The first-order valence-electron chi connectivity index (χ1n) is 6.80. The van der Waals surface area contributed by atoms with Crippen LogP contribution in [-0.4, -0.2) is 17.0 Å². The Labute approximate surface area is 130 Å². The van der Waals surface area contributed by atoms with Crippen LogP contribution in [-0.2, 0) is 6.54 Å². The van der Waals surface area contributed by atoms with Gasteiger partial charge >= 0.3 is 0 Å². The van der Waals surface area contributed by atoms with E-state index >= 15 is 0 Å². The highest BCUT2D eigenvalue weighted by molar-refractivity contribution is 6.30. The normalized spacial score (nSPS) is 10.8. The molecule has 2 rings (SSSR count). The van der Waals surface area contributed by atoms with Crippen molar-refractivity contribution in [1.29, 1.82) is 0 Å². The van der Waals surface area contributed by atoms with Crippen molar-refractivity contribution in [3.8, 4) is 0 Å². The number of nitrogen functional groups attached to an aromatic ring is 1. The molecule has 3 N–H and O–H groups in total. The minimum absolute atomic E-state index is 0.264. The van der Waals surface area contributed by atoms with Gasteiger partial charge < -0.3 is 10.3 Å². The Hall–Kier alpha value is -1.85. The van der Waals surface area contributed by atoms with E-state index in [4.69, 9.17) is 17.4 Å². The molecule has 0 aliphatic heterocycles. The number of aromatic nitrogens is 2. The van der Waals surface area contributed by atoms with Gasteiger partial charge in [-0.1, -0.05) is 37.6 Å². The molecule has 0 fully saturated rings. The van der Waals surface area contributed by atoms with Crippen molar-refractivity contribution in [3.05, 3.63) is 46.7 Å². The highest BCUT2D eigenvalue weighted by atomic mass is 35.5. The van der Waals surface area contributed by atoms with E-state index in [-0.39, 0.29) is 5.92 Å². The summed E-state index contributed by atoms with van der Waals surface area (Å²) in [5.74, 6) is 7.36. The Bertz CT molecular complexity index is 598. The zero-order chi connectivity index (χ0) is 15.4. The summed E-state index contributed by atoms with van der Waals surface area (Å²) in [6.45, 7) is 4.93. The number of hydrogen-bond acceptors (Lipinski definition) is 5. The second-order valence-electron chi connectivity index (χ2n) is 5.24. The zero-order valence-electron chi connectivity index (χ0n) is 12.5. The molecule has 0 amide bonds. The fourth-order valence-corrected chi connectivity index (χ4v) is 2.40. The monoisotopic (exact) mass is 305 g/mol. The number of benzene rings is 1. The Morgan fingerprint density at radius 1 is 1.24 bits per heavy atom. The molecule has 0 aliphatic rings. The first-order valence-corrected chi connectivity index (χ1v) is 7.17. The molecule has 1 aromatic carbocycles. The summed E-state index contributed by atoms with van der Waals surface area (Å²) in [5, 5.41) is 0.737. The van der Waals surface area contributed by atoms with Crippen molar-refractivity contribution in [2.45, 2.75) is 26.3 Å². The van der Waals surface area contributed by atoms with Gasteiger partial charge in [0.1, 0.15) is 18.0 Å². The SMILES string of the molecule is CC(C)c1c(NN)ncnc1N(C)Cc1ccc(Cl)cc1. The molecule has 0 saturated heterocycles. The van der Waals surface area contributed by atoms with E-state index in [1.54, 1.807) is 0 Å². The lowest BCUT2D eigenvalue weighted by molar-refractivity contribution is 0.809. The minimum atomic E-state index is 0.264. The van der Waals surface area contributed by atoms with Gasteiger partial charge in [-0.05, 0) is 23.6 Å². The Morgan fingerprint density at radius 3 is 2.48 bits per heavy atom. The van der Waals surface area contributed by atoms with Crippen molar-refractivity contribution in [3.63, 3.8) is 0 Å². The Morgan fingerprint density at radius 2 is 1.90 bits per heavy atom. The van der Waals surface area contributed by atoms with Crippen molar-refractivity contribution < 1.29 is 0 Å². The molecule has 21 heavy (non-hydrogen) atoms. The Kier molecular flexibility index (Phi) is 4.98. The smallest absolute Gasteiger partial charge is 0.148 e. The summed E-state index contributed by atoms with van der Waals surface area (Å²) >= 11 is 5.92. The first kappa shape index (κ1) is 15.5. The van der Waals surface area contributed by atoms with Gasteiger partial charge in [-0.3, -0.25) is 0 Å². The van der Waals surface area contributed by atoms with Gasteiger partial charge in [0.15, 0.2) is 0 Å². The number of nitrogens with one attached hydrogen (secondary N) is 1. The number of nitrogens with zero attached hydrogens (tertiary/aromatic N) is 3. The topological polar surface area (TPSA) is 67.1 Å². The van der Waals surface area contributed by atoms with Crippen LogP contribution in [0.15, 0.2) is 30.6 Å². The maximum Gasteiger partial charge on any atom is 0.148 e. The average molecular weight is 306 g/mol. The van der Waals surface area contributed by atoms with Gasteiger partial charge in [0, 0.05) is 24.2 Å². The highest BCUT2D eigenvalue weighted by Gasteiger charge is 2.17. The third kappa shape index (κ3) is 3.62. The number of halogens is 1. The number of hydrazine groups is 1. The molecule has 0 bridgehead atoms. The second kappa shape index (κ2) is 6.74. The van der Waals surface area contributed by atoms with Crippen molar-refractivity contribution >= 4 is 23.2 Å². The van der Waals surface area contributed by atoms with Gasteiger partial charge in [-0.2, -0.15) is 0 Å². The summed E-state index contributed by atoms with van der Waals surface area (Å²) in [4.78, 5) is 10.7. The van der Waals surface area contributed by atoms with E-state index in [1.165, 1.54) is 6.33 Å². The second-order valence-corrected chi connectivity index (χ2v) is 5.68. The molecule has 0 spiro atoms. The van der Waals surface area contributed by atoms with Gasteiger partial charge in [0.25, 0.3) is 0 Å². The molecule has 0 aliphatic carbocycles. The molecule has 0 saturated carbocycles. The maximum absolute atomic E-state index is 5.92. The molecule has 112 valence electrons. The van der Waals surface area contributed by atoms with Crippen molar-refractivity contribution in [2.24, 2.45) is 5.84 Å². The Balaban J connectivity index is 2.30. The van der Waals surface area contributed by atoms with Crippen LogP contribution in [0, 0.1) is 0 Å². The van der Waals surface area contributed by atoms with Crippen LogP contribution in [0.3, 0.4) is 0 Å². The summed E-state index contributed by atoms with van der Waals surface area (Å²) in [5.41, 5.74) is 4.82. The fraction of sp³-hybridized carbons (Fsp3) is 0.333. The van der Waals surface area contributed by atoms with E-state index in [2.05, 4.69) is 34.1 Å². The van der Waals surface area contributed by atoms with E-state index in [0.717, 1.165) is 28.5 Å². The van der Waals surface area contributed by atoms with Crippen molar-refractivity contribution in [2.75, 3.05) is 17.4 Å². The summed E-state index contributed by atoms with van der Waals surface area (Å²) in [6.07, 6.45) is 1.52. The number of nitrogens with two attached hydrogens (primary N) is 1. The van der Waals surface area contributed by atoms with Gasteiger partial charge in [-0.15, -0.1) is 0 Å². The van der Waals surface area contributed by atoms with Crippen LogP contribution in [0.1, 0.15) is 30.9 Å². The molecule has 0 unspecified atom stereocenters. The first-order chi connectivity index (χ1) is 10.0. The van der Waals surface area contributed by atoms with Crippen LogP contribution in [0.5, 0.6) is 0 Å². The zero-order valence-corrected chi connectivity index (χ0v) is 13.2. The third-order valence-corrected chi connectivity index (χ3v) is 3.52. The van der Waals surface area contributed by atoms with E-state index < -0.39 is 0 Å². The molecule has 5 nitrogen and oxygen atoms in total. The predicted octanol–water partition coefficient (Wildman–Crippen LogP) is 3.18. The summed E-state index contributed by atoms with van der Waals surface area (Å²) in [6, 6.07) is 7.80. The van der Waals surface area contributed by atoms with Crippen molar-refractivity contribution in [1.82, 2.24) is 9.97 Å². The molecule has 0 radical (unpaired) electrons. The number of anilines is 2. The van der Waals surface area contributed by atoms with E-state index in [1.807, 2.05) is 31.3 Å². The fourth-order valence-electron chi connectivity index (χ4n) is 2.28. The van der Waals surface area contributed by atoms with Crippen LogP contribution < -0.4 is 16.2 Å². The lowest BCUT2D eigenvalue weighted by atomic mass is 10.0. The van der Waals surface area contributed by atoms with Gasteiger partial charge in [0.2, 0.25) is 0 Å². The lowest BCUT2D eigenvalue weighted by Crippen LogP contribution is -2.22. The molecular weight excluding hydrogens is 286 g/mol. The highest BCUT2D eigenvalue weighted by Crippen LogP contribution is 2.30. The summed E-state index contributed by atoms with van der Waals surface area (Å²) in [7, 11) is 2.00. The molecule has 2 aromatic rings. The average Bonchev–Trinajstić information content (AvgIpc) is 2.48.